The van der Waals surface area contributed by atoms with E-state index in [0.717, 1.165) is 16.9 Å². The van der Waals surface area contributed by atoms with Crippen molar-refractivity contribution in [2.24, 2.45) is 0 Å². The molecule has 0 fully saturated rings. The Hall–Kier alpha value is -2.80. The molecule has 0 aliphatic rings. The van der Waals surface area contributed by atoms with Crippen molar-refractivity contribution in [1.29, 1.82) is 5.26 Å². The molecule has 106 valence electrons. The molecule has 0 aliphatic carbocycles. The molecule has 0 saturated heterocycles. The highest BCUT2D eigenvalue weighted by Crippen LogP contribution is 2.29. The van der Waals surface area contributed by atoms with E-state index in [1.807, 2.05) is 43.0 Å². The maximum Gasteiger partial charge on any atom is 0.335 e. The molecule has 0 heterocycles. The van der Waals surface area contributed by atoms with Crippen molar-refractivity contribution in [1.82, 2.24) is 0 Å². The Morgan fingerprint density at radius 3 is 2.62 bits per heavy atom. The predicted molar refractivity (Wildman–Crippen MR) is 82.0 cm³/mol. The Kier molecular flexibility index (Phi) is 4.24. The molecule has 0 saturated carbocycles. The maximum absolute atomic E-state index is 11.0. The Morgan fingerprint density at radius 1 is 1.29 bits per heavy atom. The van der Waals surface area contributed by atoms with Crippen molar-refractivity contribution in [2.45, 2.75) is 13.8 Å². The number of nitrogens with zero attached hydrogens (tertiary/aromatic N) is 2. The van der Waals surface area contributed by atoms with E-state index in [0.29, 0.717) is 12.1 Å². The average molecular weight is 280 g/mol. The monoisotopic (exact) mass is 280 g/mol. The summed E-state index contributed by atoms with van der Waals surface area (Å²) in [5.41, 5.74) is 3.31. The predicted octanol–water partition coefficient (Wildman–Crippen LogP) is 3.72. The second kappa shape index (κ2) is 6.10. The van der Waals surface area contributed by atoms with Crippen LogP contribution in [0, 0.1) is 18.3 Å². The van der Waals surface area contributed by atoms with Crippen LogP contribution in [-0.4, -0.2) is 17.6 Å². The van der Waals surface area contributed by atoms with Crippen LogP contribution in [-0.2, 0) is 0 Å². The highest BCUT2D eigenvalue weighted by atomic mass is 16.4. The summed E-state index contributed by atoms with van der Waals surface area (Å²) in [6.07, 6.45) is 0. The first kappa shape index (κ1) is 14.6. The Bertz CT molecular complexity index is 717. The minimum atomic E-state index is -1.03. The zero-order chi connectivity index (χ0) is 15.4. The van der Waals surface area contributed by atoms with Gasteiger partial charge < -0.3 is 10.0 Å². The number of benzene rings is 2. The van der Waals surface area contributed by atoms with Gasteiger partial charge in [-0.05, 0) is 49.7 Å². The van der Waals surface area contributed by atoms with Gasteiger partial charge in [0.05, 0.1) is 16.8 Å². The standard InChI is InChI=1S/C17H16N2O2/c1-3-19(15-6-4-5-12(2)9-15)16-8-7-13(17(20)21)10-14(16)11-18/h4-10H,3H2,1-2H3,(H,20,21). The molecule has 0 aliphatic heterocycles. The van der Waals surface area contributed by atoms with Crippen LogP contribution < -0.4 is 4.90 Å². The van der Waals surface area contributed by atoms with Gasteiger partial charge in [-0.25, -0.2) is 4.79 Å². The maximum atomic E-state index is 11.0. The topological polar surface area (TPSA) is 64.3 Å². The van der Waals surface area contributed by atoms with Crippen molar-refractivity contribution in [3.05, 3.63) is 59.2 Å². The van der Waals surface area contributed by atoms with Crippen LogP contribution in [0.5, 0.6) is 0 Å². The van der Waals surface area contributed by atoms with E-state index < -0.39 is 5.97 Å². The second-order valence-corrected chi connectivity index (χ2v) is 4.73. The van der Waals surface area contributed by atoms with Gasteiger partial charge in [0.1, 0.15) is 6.07 Å². The molecule has 21 heavy (non-hydrogen) atoms. The number of anilines is 2. The third-order valence-electron chi connectivity index (χ3n) is 3.28. The van der Waals surface area contributed by atoms with E-state index in [9.17, 15) is 10.1 Å². The number of aromatic carboxylic acids is 1. The van der Waals surface area contributed by atoms with E-state index in [2.05, 4.69) is 6.07 Å². The number of nitriles is 1. The minimum Gasteiger partial charge on any atom is -0.478 e. The van der Waals surface area contributed by atoms with Gasteiger partial charge in [0, 0.05) is 12.2 Å². The fraction of sp³-hybridized carbons (Fsp3) is 0.176. The average Bonchev–Trinajstić information content (AvgIpc) is 2.48. The molecule has 0 aromatic heterocycles. The third-order valence-corrected chi connectivity index (χ3v) is 3.28. The molecule has 0 unspecified atom stereocenters. The summed E-state index contributed by atoms with van der Waals surface area (Å²) in [6.45, 7) is 4.69. The van der Waals surface area contributed by atoms with Gasteiger partial charge in [-0.3, -0.25) is 0 Å². The van der Waals surface area contributed by atoms with Gasteiger partial charge >= 0.3 is 5.97 Å². The minimum absolute atomic E-state index is 0.121. The molecular weight excluding hydrogens is 264 g/mol. The molecule has 0 bridgehead atoms. The molecule has 0 amide bonds. The molecule has 2 aromatic carbocycles. The summed E-state index contributed by atoms with van der Waals surface area (Å²) in [7, 11) is 0. The summed E-state index contributed by atoms with van der Waals surface area (Å²) < 4.78 is 0. The summed E-state index contributed by atoms with van der Waals surface area (Å²) in [5, 5.41) is 18.3. The van der Waals surface area contributed by atoms with Crippen LogP contribution in [0.4, 0.5) is 11.4 Å². The Balaban J connectivity index is 2.53. The number of carboxylic acids is 1. The number of aryl methyl sites for hydroxylation is 1. The highest BCUT2D eigenvalue weighted by Gasteiger charge is 2.14. The van der Waals surface area contributed by atoms with Crippen molar-refractivity contribution >= 4 is 17.3 Å². The van der Waals surface area contributed by atoms with Crippen molar-refractivity contribution in [3.8, 4) is 6.07 Å². The van der Waals surface area contributed by atoms with Gasteiger partial charge in [-0.2, -0.15) is 5.26 Å². The van der Waals surface area contributed by atoms with Crippen LogP contribution in [0.25, 0.3) is 0 Å². The smallest absolute Gasteiger partial charge is 0.335 e. The molecule has 2 rings (SSSR count). The van der Waals surface area contributed by atoms with E-state index in [-0.39, 0.29) is 5.56 Å². The normalized spacial score (nSPS) is 9.95. The summed E-state index contributed by atoms with van der Waals surface area (Å²) >= 11 is 0. The molecule has 0 radical (unpaired) electrons. The molecule has 1 N–H and O–H groups in total. The third kappa shape index (κ3) is 3.03. The van der Waals surface area contributed by atoms with Crippen LogP contribution in [0.1, 0.15) is 28.4 Å². The van der Waals surface area contributed by atoms with Gasteiger partial charge in [-0.15, -0.1) is 0 Å². The quantitative estimate of drug-likeness (QED) is 0.927. The van der Waals surface area contributed by atoms with Gasteiger partial charge in [0.2, 0.25) is 0 Å². The fourth-order valence-corrected chi connectivity index (χ4v) is 2.28. The molecule has 0 spiro atoms. The van der Waals surface area contributed by atoms with Gasteiger partial charge in [-0.1, -0.05) is 12.1 Å². The van der Waals surface area contributed by atoms with E-state index >= 15 is 0 Å². The van der Waals surface area contributed by atoms with E-state index in [4.69, 9.17) is 5.11 Å². The molecule has 4 heteroatoms. The number of carbonyl (C=O) groups is 1. The first-order valence-corrected chi connectivity index (χ1v) is 6.68. The summed E-state index contributed by atoms with van der Waals surface area (Å²) in [4.78, 5) is 13.0. The van der Waals surface area contributed by atoms with Gasteiger partial charge in [0.25, 0.3) is 0 Å². The molecule has 0 atom stereocenters. The zero-order valence-corrected chi connectivity index (χ0v) is 12.0. The Morgan fingerprint density at radius 2 is 2.05 bits per heavy atom. The fourth-order valence-electron chi connectivity index (χ4n) is 2.28. The lowest BCUT2D eigenvalue weighted by atomic mass is 10.1. The summed E-state index contributed by atoms with van der Waals surface area (Å²) in [6, 6.07) is 14.7. The van der Waals surface area contributed by atoms with E-state index in [1.165, 1.54) is 12.1 Å². The zero-order valence-electron chi connectivity index (χ0n) is 12.0. The molecule has 2 aromatic rings. The largest absolute Gasteiger partial charge is 0.478 e. The summed E-state index contributed by atoms with van der Waals surface area (Å²) in [5.74, 6) is -1.03. The number of carboxylic acid groups (broad SMARTS) is 1. The highest BCUT2D eigenvalue weighted by molar-refractivity contribution is 5.89. The Labute approximate surface area is 123 Å². The molecule has 4 nitrogen and oxygen atoms in total. The van der Waals surface area contributed by atoms with E-state index in [1.54, 1.807) is 6.07 Å². The lowest BCUT2D eigenvalue weighted by Gasteiger charge is -2.24. The first-order chi connectivity index (χ1) is 10.1. The lowest BCUT2D eigenvalue weighted by molar-refractivity contribution is 0.0697. The second-order valence-electron chi connectivity index (χ2n) is 4.73. The van der Waals surface area contributed by atoms with Crippen LogP contribution in [0.15, 0.2) is 42.5 Å². The van der Waals surface area contributed by atoms with Crippen molar-refractivity contribution in [3.63, 3.8) is 0 Å². The number of hydrogen-bond donors (Lipinski definition) is 1. The SMILES string of the molecule is CCN(c1cccc(C)c1)c1ccc(C(=O)O)cc1C#N. The first-order valence-electron chi connectivity index (χ1n) is 6.68. The van der Waals surface area contributed by atoms with Crippen molar-refractivity contribution in [2.75, 3.05) is 11.4 Å². The number of hydrogen-bond acceptors (Lipinski definition) is 3. The van der Waals surface area contributed by atoms with Crippen LogP contribution in [0.3, 0.4) is 0 Å². The molecular formula is C17H16N2O2. The lowest BCUT2D eigenvalue weighted by Crippen LogP contribution is -2.17. The van der Waals surface area contributed by atoms with Crippen LogP contribution >= 0.6 is 0 Å². The van der Waals surface area contributed by atoms with Gasteiger partial charge in [0.15, 0.2) is 0 Å². The number of rotatable bonds is 4. The van der Waals surface area contributed by atoms with Crippen LogP contribution in [0.2, 0.25) is 0 Å². The van der Waals surface area contributed by atoms with Crippen molar-refractivity contribution < 1.29 is 9.90 Å².